The topological polar surface area (TPSA) is 51.6 Å². The van der Waals surface area contributed by atoms with E-state index in [4.69, 9.17) is 9.97 Å². The molecule has 11 rings (SSSR count). The van der Waals surface area contributed by atoms with Crippen LogP contribution in [0.25, 0.3) is 0 Å². The first-order valence-electron chi connectivity index (χ1n) is 18.2. The average Bonchev–Trinajstić information content (AvgIpc) is 3.44. The van der Waals surface area contributed by atoms with E-state index in [-0.39, 0.29) is 13.3 Å². The molecule has 2 heterocycles. The van der Waals surface area contributed by atoms with E-state index in [9.17, 15) is 0 Å². The Kier molecular flexibility index (Phi) is 6.91. The zero-order valence-corrected chi connectivity index (χ0v) is 29.8. The second kappa shape index (κ2) is 10.5. The highest BCUT2D eigenvalue weighted by Gasteiger charge is 2.62. The van der Waals surface area contributed by atoms with E-state index >= 15 is 0 Å². The molecule has 0 aromatic carbocycles. The summed E-state index contributed by atoms with van der Waals surface area (Å²) in [4.78, 5) is 19.1. The zero-order valence-electron chi connectivity index (χ0n) is 27.7. The Balaban J connectivity index is 1.22. The summed E-state index contributed by atoms with van der Waals surface area (Å²) in [5.74, 6) is 6.04. The normalized spacial score (nSPS) is 39.1. The van der Waals surface area contributed by atoms with Gasteiger partial charge in [-0.2, -0.15) is 0 Å². The third kappa shape index (κ3) is 4.80. The van der Waals surface area contributed by atoms with Crippen LogP contribution in [0.15, 0.2) is 60.0 Å². The monoisotopic (exact) mass is 638 g/mol. The van der Waals surface area contributed by atoms with Crippen molar-refractivity contribution < 1.29 is 0 Å². The van der Waals surface area contributed by atoms with Crippen LogP contribution in [-0.2, 0) is 5.16 Å². The maximum absolute atomic E-state index is 4.98. The molecule has 6 heteroatoms. The summed E-state index contributed by atoms with van der Waals surface area (Å²) < 4.78 is 0. The van der Waals surface area contributed by atoms with E-state index in [0.29, 0.717) is 10.3 Å². The highest BCUT2D eigenvalue weighted by atomic mass is 31.1. The van der Waals surface area contributed by atoms with Crippen molar-refractivity contribution in [1.29, 1.82) is 0 Å². The molecule has 0 aliphatic heterocycles. The van der Waals surface area contributed by atoms with Crippen molar-refractivity contribution in [3.8, 4) is 0 Å². The van der Waals surface area contributed by atoms with Gasteiger partial charge in [0.25, 0.3) is 0 Å². The average molecular weight is 639 g/mol. The van der Waals surface area contributed by atoms with Crippen LogP contribution in [0.5, 0.6) is 0 Å². The molecule has 9 aliphatic rings. The Morgan fingerprint density at radius 2 is 1.11 bits per heavy atom. The van der Waals surface area contributed by atoms with E-state index in [1.54, 1.807) is 101 Å². The summed E-state index contributed by atoms with van der Waals surface area (Å²) in [7, 11) is 3.11. The molecule has 2 aromatic heterocycles. The van der Waals surface area contributed by atoms with Crippen molar-refractivity contribution in [1.82, 2.24) is 19.9 Å². The van der Waals surface area contributed by atoms with Crippen molar-refractivity contribution in [2.75, 3.05) is 6.16 Å². The Hall–Kier alpha value is -1.50. The Morgan fingerprint density at radius 3 is 1.47 bits per heavy atom. The first-order valence-corrected chi connectivity index (χ1v) is 20.3. The van der Waals surface area contributed by atoms with Gasteiger partial charge < -0.3 is 0 Å². The minimum absolute atomic E-state index is 0.118. The quantitative estimate of drug-likeness (QED) is 0.284. The smallest absolute Gasteiger partial charge is 0.0933 e. The summed E-state index contributed by atoms with van der Waals surface area (Å²) in [5, 5.41) is 0.676. The molecule has 8 fully saturated rings. The second-order valence-electron chi connectivity index (χ2n) is 18.0. The fraction of sp³-hybridized carbons (Fsp3) is 0.692. The molecule has 0 N–H and O–H groups in total. The first kappa shape index (κ1) is 29.6. The molecule has 8 bridgehead atoms. The summed E-state index contributed by atoms with van der Waals surface area (Å²) in [6.45, 7) is 7.24. The third-order valence-corrected chi connectivity index (χ3v) is 18.9. The predicted octanol–water partition coefficient (Wildman–Crippen LogP) is 9.48. The molecule has 0 saturated heterocycles. The highest BCUT2D eigenvalue weighted by Crippen LogP contribution is 2.79. The molecule has 0 spiro atoms. The number of rotatable bonds is 7. The number of nitrogens with zero attached hydrogens (tertiary/aromatic N) is 4. The molecule has 2 aromatic rings. The fourth-order valence-corrected chi connectivity index (χ4v) is 18.7. The van der Waals surface area contributed by atoms with Crippen LogP contribution in [0.2, 0.25) is 0 Å². The van der Waals surface area contributed by atoms with E-state index in [1.165, 1.54) is 11.7 Å². The molecule has 0 radical (unpaired) electrons. The van der Waals surface area contributed by atoms with Crippen molar-refractivity contribution in [2.24, 2.45) is 40.9 Å². The molecule has 1 unspecified atom stereocenters. The van der Waals surface area contributed by atoms with Crippen molar-refractivity contribution >= 4 is 17.2 Å². The molecule has 45 heavy (non-hydrogen) atoms. The van der Waals surface area contributed by atoms with Gasteiger partial charge in [-0.1, -0.05) is 40.3 Å². The first-order chi connectivity index (χ1) is 21.6. The third-order valence-electron chi connectivity index (χ3n) is 14.0. The van der Waals surface area contributed by atoms with E-state index < -0.39 is 5.16 Å². The molecule has 4 nitrogen and oxygen atoms in total. The maximum atomic E-state index is 4.98. The van der Waals surface area contributed by atoms with Crippen LogP contribution in [0.3, 0.4) is 0 Å². The predicted molar refractivity (Wildman–Crippen MR) is 187 cm³/mol. The SMILES string of the molecule is CC(C)(C)C1=CC(CP(C23CC4CC(CC(C4)C2)C3)C23CC4CC(CC(C4)C2)C3)=C(C(P)(c2cnccn2)c2cnccn2)C1. The fourth-order valence-electron chi connectivity index (χ4n) is 12.9. The molecule has 1 atom stereocenters. The van der Waals surface area contributed by atoms with Gasteiger partial charge in [0.1, 0.15) is 0 Å². The second-order valence-corrected chi connectivity index (χ2v) is 21.9. The maximum Gasteiger partial charge on any atom is 0.0933 e. The number of hydrogen-bond donors (Lipinski definition) is 0. The van der Waals surface area contributed by atoms with Crippen LogP contribution in [0, 0.1) is 40.9 Å². The van der Waals surface area contributed by atoms with Crippen LogP contribution in [0.1, 0.15) is 116 Å². The largest absolute Gasteiger partial charge is 0.261 e. The van der Waals surface area contributed by atoms with Gasteiger partial charge in [0.2, 0.25) is 0 Å². The standard InChI is InChI=1S/C39H52N4P2/c1-36(2,3)32-14-31(33(15-32)39(44,34-22-40-4-6-42-34)35-23-41-5-7-43-35)24-45(37-16-25-8-26(17-37)10-27(9-25)18-37)38-19-28-11-29(20-38)13-30(12-28)21-38/h4-7,14,22-23,25-30H,8-13,15-21,24,44H2,1-3H3. The molecule has 238 valence electrons. The highest BCUT2D eigenvalue weighted by molar-refractivity contribution is 7.61. The van der Waals surface area contributed by atoms with Crippen molar-refractivity contribution in [3.63, 3.8) is 0 Å². The van der Waals surface area contributed by atoms with Gasteiger partial charge in [-0.15, -0.1) is 9.24 Å². The molecular weight excluding hydrogens is 586 g/mol. The molecular formula is C39H52N4P2. The summed E-state index contributed by atoms with van der Waals surface area (Å²) in [6.07, 6.45) is 34.8. The molecule has 9 aliphatic carbocycles. The van der Waals surface area contributed by atoms with Crippen LogP contribution < -0.4 is 0 Å². The van der Waals surface area contributed by atoms with Crippen LogP contribution in [-0.4, -0.2) is 36.4 Å². The summed E-state index contributed by atoms with van der Waals surface area (Å²) in [6, 6.07) is 0. The summed E-state index contributed by atoms with van der Waals surface area (Å²) >= 11 is 0. The van der Waals surface area contributed by atoms with E-state index in [2.05, 4.69) is 46.1 Å². The lowest BCUT2D eigenvalue weighted by Gasteiger charge is -2.67. The van der Waals surface area contributed by atoms with Gasteiger partial charge in [0.15, 0.2) is 0 Å². The lowest BCUT2D eigenvalue weighted by molar-refractivity contribution is 0.0187. The number of allylic oxidation sites excluding steroid dienone is 4. The Bertz CT molecular complexity index is 1370. The molecule has 8 saturated carbocycles. The van der Waals surface area contributed by atoms with E-state index in [0.717, 1.165) is 53.3 Å². The minimum atomic E-state index is -0.536. The Labute approximate surface area is 274 Å². The van der Waals surface area contributed by atoms with Gasteiger partial charge in [0.05, 0.1) is 28.9 Å². The summed E-state index contributed by atoms with van der Waals surface area (Å²) in [5.41, 5.74) is 6.76. The van der Waals surface area contributed by atoms with Crippen molar-refractivity contribution in [2.45, 2.75) is 120 Å². The zero-order chi connectivity index (χ0) is 30.6. The lowest BCUT2D eigenvalue weighted by Crippen LogP contribution is -2.57. The van der Waals surface area contributed by atoms with Crippen LogP contribution >= 0.6 is 17.2 Å². The van der Waals surface area contributed by atoms with Gasteiger partial charge in [-0.05, 0) is 152 Å². The Morgan fingerprint density at radius 1 is 0.689 bits per heavy atom. The van der Waals surface area contributed by atoms with Gasteiger partial charge in [0, 0.05) is 24.8 Å². The molecule has 0 amide bonds. The minimum Gasteiger partial charge on any atom is -0.261 e. The van der Waals surface area contributed by atoms with Crippen molar-refractivity contribution in [3.05, 3.63) is 71.4 Å². The van der Waals surface area contributed by atoms with E-state index in [1.807, 2.05) is 24.8 Å². The van der Waals surface area contributed by atoms with Crippen LogP contribution in [0.4, 0.5) is 0 Å². The number of aromatic nitrogens is 4. The van der Waals surface area contributed by atoms with Gasteiger partial charge in [-0.3, -0.25) is 19.9 Å². The van der Waals surface area contributed by atoms with Gasteiger partial charge >= 0.3 is 0 Å². The van der Waals surface area contributed by atoms with Gasteiger partial charge in [-0.25, -0.2) is 0 Å². The number of hydrogen-bond acceptors (Lipinski definition) is 4. The lowest BCUT2D eigenvalue weighted by atomic mass is 9.55.